The monoisotopic (exact) mass is 403 g/mol. The molecule has 0 amide bonds. The Kier molecular flexibility index (Phi) is 5.88. The van der Waals surface area contributed by atoms with Crippen LogP contribution in [0.15, 0.2) is 64.3 Å². The Morgan fingerprint density at radius 1 is 1.07 bits per heavy atom. The van der Waals surface area contributed by atoms with Gasteiger partial charge in [-0.25, -0.2) is 0 Å². The van der Waals surface area contributed by atoms with Crippen molar-refractivity contribution in [3.8, 4) is 0 Å². The fourth-order valence-electron chi connectivity index (χ4n) is 4.47. The molecule has 6 heteroatoms. The molecule has 2 unspecified atom stereocenters. The Hall–Kier alpha value is -2.54. The number of ether oxygens (including phenoxy) is 1. The predicted octanol–water partition coefficient (Wildman–Crippen LogP) is 4.01. The summed E-state index contributed by atoms with van der Waals surface area (Å²) in [5.41, 5.74) is 6.09. The van der Waals surface area contributed by atoms with E-state index in [2.05, 4.69) is 68.2 Å². The molecule has 0 aromatic heterocycles. The maximum atomic E-state index is 5.98. The molecule has 3 aliphatic rings. The summed E-state index contributed by atoms with van der Waals surface area (Å²) in [6.07, 6.45) is 2.92. The van der Waals surface area contributed by atoms with Gasteiger partial charge in [0, 0.05) is 57.3 Å². The van der Waals surface area contributed by atoms with Crippen LogP contribution in [0.1, 0.15) is 23.5 Å². The van der Waals surface area contributed by atoms with Crippen LogP contribution in [0.3, 0.4) is 0 Å². The average molecular weight is 404 g/mol. The van der Waals surface area contributed by atoms with Crippen LogP contribution in [0.4, 0.5) is 11.4 Å². The van der Waals surface area contributed by atoms with Crippen LogP contribution < -0.4 is 10.6 Å². The zero-order valence-corrected chi connectivity index (χ0v) is 17.3. The SMILES string of the molecule is C1=C2CC(N=Nc3ccc(NCCN4CCNCC4)cc3)OCC2c2ccccc21. The summed E-state index contributed by atoms with van der Waals surface area (Å²) in [6, 6.07) is 16.7. The molecule has 2 aromatic carbocycles. The van der Waals surface area contributed by atoms with E-state index in [9.17, 15) is 0 Å². The normalized spacial score (nSPS) is 23.8. The number of nitrogens with zero attached hydrogens (tertiary/aromatic N) is 3. The van der Waals surface area contributed by atoms with Crippen molar-refractivity contribution in [3.05, 3.63) is 65.2 Å². The summed E-state index contributed by atoms with van der Waals surface area (Å²) >= 11 is 0. The molecule has 1 aliphatic carbocycles. The van der Waals surface area contributed by atoms with Gasteiger partial charge in [0.05, 0.1) is 12.3 Å². The van der Waals surface area contributed by atoms with Gasteiger partial charge in [0.25, 0.3) is 0 Å². The smallest absolute Gasteiger partial charge is 0.172 e. The third-order valence-electron chi connectivity index (χ3n) is 6.16. The second kappa shape index (κ2) is 9.08. The summed E-state index contributed by atoms with van der Waals surface area (Å²) in [7, 11) is 0. The van der Waals surface area contributed by atoms with Crippen LogP contribution in [-0.2, 0) is 4.74 Å². The lowest BCUT2D eigenvalue weighted by Crippen LogP contribution is -2.45. The zero-order chi connectivity index (χ0) is 20.2. The maximum absolute atomic E-state index is 5.98. The van der Waals surface area contributed by atoms with Gasteiger partial charge >= 0.3 is 0 Å². The minimum Gasteiger partial charge on any atom is -0.384 e. The Morgan fingerprint density at radius 2 is 1.90 bits per heavy atom. The molecule has 0 radical (unpaired) electrons. The van der Waals surface area contributed by atoms with Gasteiger partial charge in [0.15, 0.2) is 6.23 Å². The van der Waals surface area contributed by atoms with Gasteiger partial charge in [-0.05, 0) is 35.4 Å². The van der Waals surface area contributed by atoms with Crippen molar-refractivity contribution < 1.29 is 4.74 Å². The molecule has 2 aromatic rings. The fraction of sp³-hybridized carbons (Fsp3) is 0.417. The van der Waals surface area contributed by atoms with E-state index in [-0.39, 0.29) is 6.23 Å². The van der Waals surface area contributed by atoms with Gasteiger partial charge in [0.2, 0.25) is 0 Å². The summed E-state index contributed by atoms with van der Waals surface area (Å²) < 4.78 is 5.98. The minimum absolute atomic E-state index is 0.196. The standard InChI is InChI=1S/C24H29N5O/c1-2-4-22-18(3-1)15-19-16-24(30-17-23(19)22)28-27-21-7-5-20(6-8-21)26-11-14-29-12-9-25-10-13-29/h1-8,15,23-26H,9-14,16-17H2. The summed E-state index contributed by atoms with van der Waals surface area (Å²) in [6.45, 7) is 7.16. The zero-order valence-electron chi connectivity index (χ0n) is 17.3. The van der Waals surface area contributed by atoms with Crippen molar-refractivity contribution in [3.63, 3.8) is 0 Å². The molecule has 2 aliphatic heterocycles. The van der Waals surface area contributed by atoms with Crippen LogP contribution in [0.25, 0.3) is 6.08 Å². The summed E-state index contributed by atoms with van der Waals surface area (Å²) in [4.78, 5) is 2.49. The van der Waals surface area contributed by atoms with E-state index in [1.54, 1.807) is 0 Å². The molecular weight excluding hydrogens is 374 g/mol. The highest BCUT2D eigenvalue weighted by Crippen LogP contribution is 2.42. The first-order valence-electron chi connectivity index (χ1n) is 10.9. The molecule has 6 nitrogen and oxygen atoms in total. The van der Waals surface area contributed by atoms with Crippen molar-refractivity contribution in [2.45, 2.75) is 18.6 Å². The number of rotatable bonds is 6. The number of anilines is 1. The highest BCUT2D eigenvalue weighted by atomic mass is 16.5. The third-order valence-corrected chi connectivity index (χ3v) is 6.16. The molecule has 0 spiro atoms. The third kappa shape index (κ3) is 4.46. The number of hydrogen-bond donors (Lipinski definition) is 2. The van der Waals surface area contributed by atoms with E-state index in [0.717, 1.165) is 57.1 Å². The lowest BCUT2D eigenvalue weighted by Gasteiger charge is -2.27. The average Bonchev–Trinajstić information content (AvgIpc) is 3.17. The van der Waals surface area contributed by atoms with Crippen LogP contribution in [0.5, 0.6) is 0 Å². The Bertz CT molecular complexity index is 917. The van der Waals surface area contributed by atoms with Crippen LogP contribution in [0, 0.1) is 0 Å². The van der Waals surface area contributed by atoms with Crippen molar-refractivity contribution in [1.82, 2.24) is 10.2 Å². The van der Waals surface area contributed by atoms with E-state index in [1.165, 1.54) is 16.7 Å². The van der Waals surface area contributed by atoms with Gasteiger partial charge in [-0.2, -0.15) is 10.2 Å². The topological polar surface area (TPSA) is 61.2 Å². The lowest BCUT2D eigenvalue weighted by atomic mass is 9.92. The highest BCUT2D eigenvalue weighted by molar-refractivity contribution is 5.66. The van der Waals surface area contributed by atoms with Crippen molar-refractivity contribution >= 4 is 17.5 Å². The Balaban J connectivity index is 1.11. The number of hydrogen-bond acceptors (Lipinski definition) is 6. The summed E-state index contributed by atoms with van der Waals surface area (Å²) in [5, 5.41) is 15.8. The molecular formula is C24H29N5O. The van der Waals surface area contributed by atoms with E-state index < -0.39 is 0 Å². The summed E-state index contributed by atoms with van der Waals surface area (Å²) in [5.74, 6) is 0.388. The van der Waals surface area contributed by atoms with Crippen molar-refractivity contribution in [2.75, 3.05) is 51.2 Å². The molecule has 0 bridgehead atoms. The number of benzene rings is 2. The number of nitrogens with one attached hydrogen (secondary N) is 2. The van der Waals surface area contributed by atoms with Gasteiger partial charge < -0.3 is 15.4 Å². The first-order chi connectivity index (χ1) is 14.8. The first kappa shape index (κ1) is 19.4. The molecule has 2 saturated heterocycles. The molecule has 2 N–H and O–H groups in total. The fourth-order valence-corrected chi connectivity index (χ4v) is 4.47. The second-order valence-electron chi connectivity index (χ2n) is 8.17. The second-order valence-corrected chi connectivity index (χ2v) is 8.17. The van der Waals surface area contributed by atoms with E-state index in [4.69, 9.17) is 4.74 Å². The van der Waals surface area contributed by atoms with Gasteiger partial charge in [-0.1, -0.05) is 35.9 Å². The Morgan fingerprint density at radius 3 is 2.77 bits per heavy atom. The van der Waals surface area contributed by atoms with Crippen molar-refractivity contribution in [1.29, 1.82) is 0 Å². The number of piperazine rings is 1. The van der Waals surface area contributed by atoms with Crippen LogP contribution in [0.2, 0.25) is 0 Å². The molecule has 2 fully saturated rings. The van der Waals surface area contributed by atoms with Crippen molar-refractivity contribution in [2.24, 2.45) is 10.2 Å². The molecule has 0 saturated carbocycles. The minimum atomic E-state index is -0.196. The molecule has 2 atom stereocenters. The molecule has 156 valence electrons. The van der Waals surface area contributed by atoms with Crippen LogP contribution >= 0.6 is 0 Å². The largest absolute Gasteiger partial charge is 0.384 e. The quantitative estimate of drug-likeness (QED) is 0.716. The van der Waals surface area contributed by atoms with E-state index in [1.807, 2.05) is 12.1 Å². The molecule has 30 heavy (non-hydrogen) atoms. The maximum Gasteiger partial charge on any atom is 0.172 e. The van der Waals surface area contributed by atoms with Gasteiger partial charge in [-0.15, -0.1) is 0 Å². The number of azo groups is 1. The van der Waals surface area contributed by atoms with E-state index >= 15 is 0 Å². The number of fused-ring (bicyclic) bond motifs is 3. The van der Waals surface area contributed by atoms with Gasteiger partial charge in [-0.3, -0.25) is 4.90 Å². The van der Waals surface area contributed by atoms with E-state index in [0.29, 0.717) is 12.5 Å². The first-order valence-corrected chi connectivity index (χ1v) is 10.9. The van der Waals surface area contributed by atoms with Gasteiger partial charge in [0.1, 0.15) is 0 Å². The van der Waals surface area contributed by atoms with Crippen LogP contribution in [-0.4, -0.2) is 57.0 Å². The Labute approximate surface area is 178 Å². The molecule has 2 heterocycles. The highest BCUT2D eigenvalue weighted by Gasteiger charge is 2.32. The lowest BCUT2D eigenvalue weighted by molar-refractivity contribution is 0.0289. The molecule has 5 rings (SSSR count). The predicted molar refractivity (Wildman–Crippen MR) is 120 cm³/mol.